The maximum atomic E-state index is 13.9. The summed E-state index contributed by atoms with van der Waals surface area (Å²) in [4.78, 5) is 41.5. The zero-order chi connectivity index (χ0) is 36.3. The van der Waals surface area contributed by atoms with Crippen LogP contribution in [0.3, 0.4) is 0 Å². The van der Waals surface area contributed by atoms with Crippen molar-refractivity contribution in [3.05, 3.63) is 148 Å². The van der Waals surface area contributed by atoms with Crippen LogP contribution in [0.4, 0.5) is 11.4 Å². The van der Waals surface area contributed by atoms with Gasteiger partial charge >= 0.3 is 0 Å². The third-order valence-corrected chi connectivity index (χ3v) is 9.49. The van der Waals surface area contributed by atoms with Gasteiger partial charge in [0, 0.05) is 16.1 Å². The van der Waals surface area contributed by atoms with Crippen LogP contribution in [-0.4, -0.2) is 39.1 Å². The molecule has 0 heterocycles. The molecule has 0 saturated heterocycles. The first kappa shape index (κ1) is 36.9. The molecule has 9 nitrogen and oxygen atoms in total. The molecule has 0 aliphatic rings. The summed E-state index contributed by atoms with van der Waals surface area (Å²) >= 11 is 13.8. The van der Waals surface area contributed by atoms with Gasteiger partial charge in [-0.1, -0.05) is 83.9 Å². The molecule has 0 saturated carbocycles. The largest absolute Gasteiger partial charge is 0.493 e. The highest BCUT2D eigenvalue weighted by atomic mass is 35.5. The number of thioether (sulfide) groups is 1. The van der Waals surface area contributed by atoms with E-state index < -0.39 is 17.1 Å². The molecule has 0 aliphatic carbocycles. The van der Waals surface area contributed by atoms with E-state index in [1.807, 2.05) is 36.4 Å². The van der Waals surface area contributed by atoms with Crippen molar-refractivity contribution in [2.24, 2.45) is 0 Å². The second-order valence-corrected chi connectivity index (χ2v) is 12.8. The molecule has 0 fully saturated rings. The third-order valence-electron chi connectivity index (χ3n) is 7.42. The summed E-state index contributed by atoms with van der Waals surface area (Å²) < 4.78 is 16.4. The van der Waals surface area contributed by atoms with Gasteiger partial charge in [0.15, 0.2) is 11.5 Å². The molecule has 1 atom stereocenters. The number of carbonyl (C=O) groups excluding carboxylic acids is 3. The summed E-state index contributed by atoms with van der Waals surface area (Å²) in [7, 11) is 4.46. The van der Waals surface area contributed by atoms with Crippen LogP contribution in [0, 0.1) is 0 Å². The first-order chi connectivity index (χ1) is 24.7. The van der Waals surface area contributed by atoms with Crippen molar-refractivity contribution in [1.82, 2.24) is 5.32 Å². The number of nitrogens with one attached hydrogen (secondary N) is 3. The van der Waals surface area contributed by atoms with Crippen molar-refractivity contribution in [2.75, 3.05) is 32.0 Å². The van der Waals surface area contributed by atoms with Gasteiger partial charge in [0.05, 0.1) is 37.1 Å². The first-order valence-electron chi connectivity index (χ1n) is 15.5. The number of hydrogen-bond donors (Lipinski definition) is 3. The van der Waals surface area contributed by atoms with Gasteiger partial charge in [-0.2, -0.15) is 0 Å². The Morgan fingerprint density at radius 1 is 0.725 bits per heavy atom. The Bertz CT molecular complexity index is 2040. The minimum atomic E-state index is -0.687. The van der Waals surface area contributed by atoms with Crippen molar-refractivity contribution in [1.29, 1.82) is 0 Å². The Morgan fingerprint density at radius 2 is 1.37 bits per heavy atom. The molecule has 51 heavy (non-hydrogen) atoms. The summed E-state index contributed by atoms with van der Waals surface area (Å²) in [6.07, 6.45) is 1.51. The number of rotatable bonds is 13. The molecule has 12 heteroatoms. The number of anilines is 2. The molecular formula is C39H33Cl2N3O6S. The highest BCUT2D eigenvalue weighted by Crippen LogP contribution is 2.40. The van der Waals surface area contributed by atoms with Crippen molar-refractivity contribution in [3.8, 4) is 17.2 Å². The number of methoxy groups -OCH3 is 3. The van der Waals surface area contributed by atoms with Crippen LogP contribution in [0.15, 0.2) is 126 Å². The Balaban J connectivity index is 1.44. The molecular weight excluding hydrogens is 709 g/mol. The van der Waals surface area contributed by atoms with Crippen molar-refractivity contribution in [2.45, 2.75) is 10.1 Å². The minimum Gasteiger partial charge on any atom is -0.493 e. The molecule has 0 radical (unpaired) electrons. The van der Waals surface area contributed by atoms with Gasteiger partial charge in [0.2, 0.25) is 11.7 Å². The molecule has 3 N–H and O–H groups in total. The maximum absolute atomic E-state index is 13.9. The molecule has 1 unspecified atom stereocenters. The van der Waals surface area contributed by atoms with Crippen LogP contribution in [-0.2, 0) is 9.59 Å². The predicted molar refractivity (Wildman–Crippen MR) is 203 cm³/mol. The predicted octanol–water partition coefficient (Wildman–Crippen LogP) is 8.90. The fraction of sp³-hybridized carbons (Fsp3) is 0.103. The lowest BCUT2D eigenvalue weighted by molar-refractivity contribution is -0.116. The SMILES string of the molecule is COc1cc(/C=C(/NC(=O)c2ccccc2)C(=O)Nc2cccc(SC(C(=O)Nc3cccc(Cl)c3Cl)c3ccccc3)c2)cc(OC)c1OC. The molecule has 5 aromatic carbocycles. The lowest BCUT2D eigenvalue weighted by Crippen LogP contribution is -2.30. The van der Waals surface area contributed by atoms with Crippen molar-refractivity contribution in [3.63, 3.8) is 0 Å². The number of carbonyl (C=O) groups is 3. The molecule has 5 aromatic rings. The van der Waals surface area contributed by atoms with Crippen LogP contribution >= 0.6 is 35.0 Å². The van der Waals surface area contributed by atoms with E-state index in [4.69, 9.17) is 37.4 Å². The second-order valence-electron chi connectivity index (χ2n) is 10.8. The summed E-state index contributed by atoms with van der Waals surface area (Å²) in [6, 6.07) is 33.2. The van der Waals surface area contributed by atoms with E-state index >= 15 is 0 Å². The van der Waals surface area contributed by atoms with Gasteiger partial charge in [-0.25, -0.2) is 0 Å². The summed E-state index contributed by atoms with van der Waals surface area (Å²) in [5, 5.41) is 8.38. The standard InChI is InChI=1S/C39H33Cl2N3O6S/c1-48-32-21-24(22-33(49-2)35(32)50-3)20-31(44-37(45)26-14-8-5-9-15-26)38(46)42-27-16-10-17-28(23-27)51-36(25-12-6-4-7-13-25)39(47)43-30-19-11-18-29(40)34(30)41/h4-23,36H,1-3H3,(H,42,46)(H,43,47)(H,44,45)/b31-20+. The van der Waals surface area contributed by atoms with E-state index in [0.717, 1.165) is 5.56 Å². The molecule has 3 amide bonds. The molecule has 260 valence electrons. The van der Waals surface area contributed by atoms with E-state index in [0.29, 0.717) is 49.7 Å². The second kappa shape index (κ2) is 17.5. The lowest BCUT2D eigenvalue weighted by atomic mass is 10.1. The van der Waals surface area contributed by atoms with Gasteiger partial charge in [-0.3, -0.25) is 14.4 Å². The number of hydrogen-bond acceptors (Lipinski definition) is 7. The fourth-order valence-corrected chi connectivity index (χ4v) is 6.41. The molecule has 0 aromatic heterocycles. The Morgan fingerprint density at radius 3 is 2.02 bits per heavy atom. The average Bonchev–Trinajstić information content (AvgIpc) is 3.15. The van der Waals surface area contributed by atoms with Crippen molar-refractivity contribution >= 4 is 70.1 Å². The topological polar surface area (TPSA) is 115 Å². The third kappa shape index (κ3) is 9.43. The zero-order valence-corrected chi connectivity index (χ0v) is 30.1. The normalized spacial score (nSPS) is 11.6. The van der Waals surface area contributed by atoms with Gasteiger partial charge in [-0.05, 0) is 71.8 Å². The fourth-order valence-electron chi connectivity index (χ4n) is 4.97. The Hall–Kier alpha value is -5.42. The van der Waals surface area contributed by atoms with Crippen LogP contribution in [0.25, 0.3) is 6.08 Å². The van der Waals surface area contributed by atoms with Gasteiger partial charge < -0.3 is 30.2 Å². The minimum absolute atomic E-state index is 0.0453. The Kier molecular flexibility index (Phi) is 12.6. The van der Waals surface area contributed by atoms with E-state index in [2.05, 4.69) is 16.0 Å². The van der Waals surface area contributed by atoms with E-state index in [1.165, 1.54) is 39.2 Å². The summed E-state index contributed by atoms with van der Waals surface area (Å²) in [5.74, 6) is -0.269. The number of ether oxygens (including phenoxy) is 3. The number of halogens is 2. The summed E-state index contributed by atoms with van der Waals surface area (Å²) in [6.45, 7) is 0. The zero-order valence-electron chi connectivity index (χ0n) is 27.7. The number of amides is 3. The van der Waals surface area contributed by atoms with Crippen LogP contribution in [0.2, 0.25) is 10.0 Å². The van der Waals surface area contributed by atoms with Gasteiger partial charge in [0.25, 0.3) is 11.8 Å². The van der Waals surface area contributed by atoms with E-state index in [1.54, 1.807) is 78.9 Å². The monoisotopic (exact) mass is 741 g/mol. The highest BCUT2D eigenvalue weighted by Gasteiger charge is 2.24. The smallest absolute Gasteiger partial charge is 0.272 e. The van der Waals surface area contributed by atoms with Crippen molar-refractivity contribution < 1.29 is 28.6 Å². The van der Waals surface area contributed by atoms with Gasteiger partial charge in [-0.15, -0.1) is 11.8 Å². The lowest BCUT2D eigenvalue weighted by Gasteiger charge is -2.18. The highest BCUT2D eigenvalue weighted by molar-refractivity contribution is 8.00. The van der Waals surface area contributed by atoms with Crippen LogP contribution in [0.1, 0.15) is 26.7 Å². The first-order valence-corrected chi connectivity index (χ1v) is 17.1. The Labute approximate surface area is 309 Å². The maximum Gasteiger partial charge on any atom is 0.272 e. The van der Waals surface area contributed by atoms with E-state index in [9.17, 15) is 14.4 Å². The van der Waals surface area contributed by atoms with Crippen LogP contribution in [0.5, 0.6) is 17.2 Å². The molecule has 0 spiro atoms. The van der Waals surface area contributed by atoms with Crippen LogP contribution < -0.4 is 30.2 Å². The average molecular weight is 743 g/mol. The number of benzene rings is 5. The molecule has 5 rings (SSSR count). The van der Waals surface area contributed by atoms with E-state index in [-0.39, 0.29) is 16.6 Å². The quantitative estimate of drug-likeness (QED) is 0.0816. The summed E-state index contributed by atoms with van der Waals surface area (Å²) in [5.41, 5.74) is 2.40. The van der Waals surface area contributed by atoms with Gasteiger partial charge in [0.1, 0.15) is 10.9 Å². The molecule has 0 aliphatic heterocycles. The molecule has 0 bridgehead atoms.